The zero-order valence-electron chi connectivity index (χ0n) is 13.2. The van der Waals surface area contributed by atoms with E-state index < -0.39 is 18.2 Å². The quantitative estimate of drug-likeness (QED) is 0.711. The van der Waals surface area contributed by atoms with E-state index in [1.807, 2.05) is 25.1 Å². The lowest BCUT2D eigenvalue weighted by atomic mass is 10.2. The molecule has 0 fully saturated rings. The molecule has 0 radical (unpaired) electrons. The van der Waals surface area contributed by atoms with Gasteiger partial charge in [0.25, 0.3) is 6.43 Å². The van der Waals surface area contributed by atoms with Crippen LogP contribution in [0.2, 0.25) is 0 Å². The number of carbonyl (C=O) groups is 1. The van der Waals surface area contributed by atoms with Crippen molar-refractivity contribution in [2.24, 2.45) is 0 Å². The van der Waals surface area contributed by atoms with Crippen LogP contribution in [0.1, 0.15) is 18.9 Å². The first-order valence-electron chi connectivity index (χ1n) is 7.45. The summed E-state index contributed by atoms with van der Waals surface area (Å²) in [5, 5.41) is 6.13. The second-order valence-corrected chi connectivity index (χ2v) is 6.28. The fourth-order valence-electron chi connectivity index (χ4n) is 2.15. The van der Waals surface area contributed by atoms with Crippen LogP contribution >= 0.6 is 11.8 Å². The van der Waals surface area contributed by atoms with Crippen LogP contribution in [0.25, 0.3) is 0 Å². The number of rotatable bonds is 8. The summed E-state index contributed by atoms with van der Waals surface area (Å²) in [7, 11) is 0. The van der Waals surface area contributed by atoms with Crippen LogP contribution < -0.4 is 5.73 Å². The summed E-state index contributed by atoms with van der Waals surface area (Å²) in [4.78, 5) is 17.8. The van der Waals surface area contributed by atoms with Crippen LogP contribution in [0.4, 0.5) is 14.7 Å². The summed E-state index contributed by atoms with van der Waals surface area (Å²) >= 11 is 1.11. The molecule has 0 aliphatic carbocycles. The van der Waals surface area contributed by atoms with E-state index in [-0.39, 0.29) is 18.4 Å². The number of H-pyrrole nitrogens is 1. The molecule has 2 aromatic rings. The average Bonchev–Trinajstić information content (AvgIpc) is 2.97. The maximum atomic E-state index is 12.9. The van der Waals surface area contributed by atoms with Gasteiger partial charge >= 0.3 is 0 Å². The number of amides is 1. The minimum absolute atomic E-state index is 0.136. The zero-order valence-corrected chi connectivity index (χ0v) is 14.0. The summed E-state index contributed by atoms with van der Waals surface area (Å²) < 4.78 is 25.8. The number of aromatic nitrogens is 3. The minimum Gasteiger partial charge on any atom is -0.368 e. The number of aromatic amines is 1. The van der Waals surface area contributed by atoms with E-state index in [2.05, 4.69) is 15.2 Å². The van der Waals surface area contributed by atoms with Gasteiger partial charge in [-0.3, -0.25) is 4.79 Å². The zero-order chi connectivity index (χ0) is 17.5. The van der Waals surface area contributed by atoms with E-state index in [9.17, 15) is 13.6 Å². The molecule has 3 N–H and O–H groups in total. The van der Waals surface area contributed by atoms with Crippen LogP contribution in [-0.2, 0) is 11.3 Å². The molecule has 24 heavy (non-hydrogen) atoms. The standard InChI is InChI=1S/C15H19F2N5OS/c1-2-11(24-15-19-14(18)20-21-15)13(23)22(9-12(16)17)8-10-6-4-3-5-7-10/h3-7,11-12H,2,8-9H2,1H3,(H3,18,19,20,21)/t11-/m1/s1. The third-order valence-electron chi connectivity index (χ3n) is 3.26. The lowest BCUT2D eigenvalue weighted by Crippen LogP contribution is -2.40. The summed E-state index contributed by atoms with van der Waals surface area (Å²) in [5.74, 6) is -0.219. The first-order valence-corrected chi connectivity index (χ1v) is 8.33. The molecule has 0 aliphatic rings. The van der Waals surface area contributed by atoms with Crippen LogP contribution in [0, 0.1) is 0 Å². The molecule has 0 unspecified atom stereocenters. The average molecular weight is 355 g/mol. The predicted octanol–water partition coefficient (Wildman–Crippen LogP) is 2.55. The number of anilines is 1. The molecule has 1 heterocycles. The number of nitrogens with one attached hydrogen (secondary N) is 1. The highest BCUT2D eigenvalue weighted by atomic mass is 32.2. The molecule has 6 nitrogen and oxygen atoms in total. The molecule has 0 bridgehead atoms. The van der Waals surface area contributed by atoms with Gasteiger partial charge in [0.15, 0.2) is 0 Å². The third-order valence-corrected chi connectivity index (χ3v) is 4.48. The van der Waals surface area contributed by atoms with Crippen molar-refractivity contribution in [2.45, 2.75) is 36.7 Å². The van der Waals surface area contributed by atoms with Gasteiger partial charge in [-0.15, -0.1) is 5.10 Å². The number of carbonyl (C=O) groups excluding carboxylic acids is 1. The highest BCUT2D eigenvalue weighted by Gasteiger charge is 2.27. The second-order valence-electron chi connectivity index (χ2n) is 5.11. The van der Waals surface area contributed by atoms with Crippen LogP contribution in [0.15, 0.2) is 35.5 Å². The van der Waals surface area contributed by atoms with Crippen molar-refractivity contribution in [3.8, 4) is 0 Å². The molecule has 1 aromatic heterocycles. The smallest absolute Gasteiger partial charge is 0.255 e. The van der Waals surface area contributed by atoms with Gasteiger partial charge in [-0.05, 0) is 12.0 Å². The lowest BCUT2D eigenvalue weighted by molar-refractivity contribution is -0.133. The number of nitrogens with two attached hydrogens (primary N) is 1. The van der Waals surface area contributed by atoms with Crippen molar-refractivity contribution in [1.82, 2.24) is 20.1 Å². The Morgan fingerprint density at radius 1 is 1.38 bits per heavy atom. The van der Waals surface area contributed by atoms with Gasteiger partial charge in [-0.1, -0.05) is 49.0 Å². The van der Waals surface area contributed by atoms with E-state index in [1.165, 1.54) is 4.90 Å². The number of hydrogen-bond acceptors (Lipinski definition) is 5. The van der Waals surface area contributed by atoms with Gasteiger partial charge in [0, 0.05) is 6.54 Å². The monoisotopic (exact) mass is 355 g/mol. The maximum Gasteiger partial charge on any atom is 0.255 e. The van der Waals surface area contributed by atoms with Crippen molar-refractivity contribution in [1.29, 1.82) is 0 Å². The van der Waals surface area contributed by atoms with Crippen molar-refractivity contribution >= 4 is 23.6 Å². The number of thioether (sulfide) groups is 1. The Morgan fingerprint density at radius 3 is 2.62 bits per heavy atom. The Morgan fingerprint density at radius 2 is 2.08 bits per heavy atom. The summed E-state index contributed by atoms with van der Waals surface area (Å²) in [6.07, 6.45) is -2.13. The van der Waals surface area contributed by atoms with Crippen LogP contribution in [-0.4, -0.2) is 44.2 Å². The molecular weight excluding hydrogens is 336 g/mol. The maximum absolute atomic E-state index is 12.9. The molecule has 1 atom stereocenters. The number of halogens is 2. The highest BCUT2D eigenvalue weighted by Crippen LogP contribution is 2.25. The third kappa shape index (κ3) is 5.19. The molecular formula is C15H19F2N5OS. The number of benzene rings is 1. The molecule has 9 heteroatoms. The molecule has 2 rings (SSSR count). The number of hydrogen-bond donors (Lipinski definition) is 2. The second kappa shape index (κ2) is 8.62. The SMILES string of the molecule is CC[C@@H](Sc1n[nH]c(N)n1)C(=O)N(Cc1ccccc1)CC(F)F. The van der Waals surface area contributed by atoms with Gasteiger partial charge in [0.05, 0.1) is 11.8 Å². The van der Waals surface area contributed by atoms with Crippen LogP contribution in [0.5, 0.6) is 0 Å². The number of alkyl halides is 2. The molecule has 0 aliphatic heterocycles. The number of nitrogen functional groups attached to an aromatic ring is 1. The van der Waals surface area contributed by atoms with E-state index in [4.69, 9.17) is 5.73 Å². The highest BCUT2D eigenvalue weighted by molar-refractivity contribution is 8.00. The summed E-state index contributed by atoms with van der Waals surface area (Å²) in [6, 6.07) is 9.05. The minimum atomic E-state index is -2.60. The Kier molecular flexibility index (Phi) is 6.53. The number of nitrogens with zero attached hydrogens (tertiary/aromatic N) is 3. The van der Waals surface area contributed by atoms with E-state index in [1.54, 1.807) is 12.1 Å². The van der Waals surface area contributed by atoms with Gasteiger partial charge in [-0.2, -0.15) is 4.98 Å². The van der Waals surface area contributed by atoms with Crippen molar-refractivity contribution in [3.63, 3.8) is 0 Å². The topological polar surface area (TPSA) is 87.9 Å². The van der Waals surface area contributed by atoms with Crippen LogP contribution in [0.3, 0.4) is 0 Å². The van der Waals surface area contributed by atoms with Gasteiger partial charge in [-0.25, -0.2) is 13.9 Å². The Labute approximate surface area is 142 Å². The molecule has 0 saturated carbocycles. The molecule has 0 saturated heterocycles. The Balaban J connectivity index is 2.11. The molecule has 1 aromatic carbocycles. The Bertz CT molecular complexity index is 652. The first-order chi connectivity index (χ1) is 11.5. The predicted molar refractivity (Wildman–Crippen MR) is 88.6 cm³/mol. The molecule has 130 valence electrons. The Hall–Kier alpha value is -2.16. The molecule has 0 spiro atoms. The first kappa shape index (κ1) is 18.2. The van der Waals surface area contributed by atoms with E-state index in [0.717, 1.165) is 17.3 Å². The van der Waals surface area contributed by atoms with Gasteiger partial charge in [0.1, 0.15) is 0 Å². The fourth-order valence-corrected chi connectivity index (χ4v) is 3.07. The summed E-state index contributed by atoms with van der Waals surface area (Å²) in [6.45, 7) is 1.34. The fraction of sp³-hybridized carbons (Fsp3) is 0.400. The van der Waals surface area contributed by atoms with Gasteiger partial charge < -0.3 is 10.6 Å². The molecule has 1 amide bonds. The van der Waals surface area contributed by atoms with Crippen molar-refractivity contribution in [2.75, 3.05) is 12.3 Å². The van der Waals surface area contributed by atoms with E-state index in [0.29, 0.717) is 11.6 Å². The largest absolute Gasteiger partial charge is 0.368 e. The van der Waals surface area contributed by atoms with Crippen molar-refractivity contribution in [3.05, 3.63) is 35.9 Å². The van der Waals surface area contributed by atoms with E-state index >= 15 is 0 Å². The van der Waals surface area contributed by atoms with Crippen molar-refractivity contribution < 1.29 is 13.6 Å². The lowest BCUT2D eigenvalue weighted by Gasteiger charge is -2.26. The van der Waals surface area contributed by atoms with Gasteiger partial charge in [0.2, 0.25) is 17.0 Å². The summed E-state index contributed by atoms with van der Waals surface area (Å²) in [5.41, 5.74) is 6.26. The normalized spacial score (nSPS) is 12.3.